The molecule has 3 aromatic rings. The number of thiazole rings is 1. The molecule has 7 nitrogen and oxygen atoms in total. The number of fused-ring (bicyclic) bond motifs is 1. The number of aryl methyl sites for hydroxylation is 1. The van der Waals surface area contributed by atoms with E-state index in [0.717, 1.165) is 11.1 Å². The van der Waals surface area contributed by atoms with Gasteiger partial charge in [0.25, 0.3) is 11.8 Å². The van der Waals surface area contributed by atoms with Crippen molar-refractivity contribution in [3.63, 3.8) is 0 Å². The molecule has 0 aliphatic heterocycles. The molecule has 3 N–H and O–H groups in total. The van der Waals surface area contributed by atoms with Gasteiger partial charge in [0.15, 0.2) is 0 Å². The summed E-state index contributed by atoms with van der Waals surface area (Å²) in [5, 5.41) is 3.31. The molecule has 0 aliphatic rings. The molecular weight excluding hydrogens is 373 g/mol. The highest BCUT2D eigenvalue weighted by Crippen LogP contribution is 2.34. The first kappa shape index (κ1) is 18.6. The summed E-state index contributed by atoms with van der Waals surface area (Å²) < 4.78 is 25.2. The molecule has 0 saturated carbocycles. The van der Waals surface area contributed by atoms with E-state index in [1.54, 1.807) is 12.1 Å². The summed E-state index contributed by atoms with van der Waals surface area (Å²) in [4.78, 5) is 29.0. The van der Waals surface area contributed by atoms with Crippen LogP contribution in [0, 0.1) is 12.7 Å². The maximum atomic E-state index is 14.2. The lowest BCUT2D eigenvalue weighted by Crippen LogP contribution is -2.20. The highest BCUT2D eigenvalue weighted by molar-refractivity contribution is 7.19. The van der Waals surface area contributed by atoms with Crippen LogP contribution < -0.4 is 20.5 Å². The zero-order valence-corrected chi connectivity index (χ0v) is 15.6. The Morgan fingerprint density at radius 1 is 1.19 bits per heavy atom. The largest absolute Gasteiger partial charge is 0.497 e. The highest BCUT2D eigenvalue weighted by Gasteiger charge is 2.23. The molecule has 0 spiro atoms. The summed E-state index contributed by atoms with van der Waals surface area (Å²) in [6, 6.07) is 5.71. The van der Waals surface area contributed by atoms with Gasteiger partial charge >= 0.3 is 0 Å². The monoisotopic (exact) mass is 389 g/mol. The van der Waals surface area contributed by atoms with E-state index in [4.69, 9.17) is 15.2 Å². The van der Waals surface area contributed by atoms with Crippen LogP contribution in [0.1, 0.15) is 25.7 Å². The zero-order valence-electron chi connectivity index (χ0n) is 14.8. The predicted octanol–water partition coefficient (Wildman–Crippen LogP) is 3.11. The Bertz CT molecular complexity index is 1060. The Labute approximate surface area is 157 Å². The van der Waals surface area contributed by atoms with Gasteiger partial charge in [0.05, 0.1) is 40.7 Å². The van der Waals surface area contributed by atoms with E-state index in [2.05, 4.69) is 10.3 Å². The molecule has 27 heavy (non-hydrogen) atoms. The normalized spacial score (nSPS) is 10.7. The topological polar surface area (TPSA) is 104 Å². The second kappa shape index (κ2) is 7.20. The Balaban J connectivity index is 2.13. The van der Waals surface area contributed by atoms with Gasteiger partial charge in [-0.3, -0.25) is 9.59 Å². The van der Waals surface area contributed by atoms with Gasteiger partial charge in [0.2, 0.25) is 0 Å². The summed E-state index contributed by atoms with van der Waals surface area (Å²) in [5.41, 5.74) is 5.61. The number of amides is 2. The second-order valence-electron chi connectivity index (χ2n) is 5.57. The third-order valence-corrected chi connectivity index (χ3v) is 4.87. The van der Waals surface area contributed by atoms with Crippen LogP contribution >= 0.6 is 11.3 Å². The van der Waals surface area contributed by atoms with Crippen molar-refractivity contribution >= 4 is 39.1 Å². The first-order chi connectivity index (χ1) is 12.8. The Hall–Kier alpha value is -3.20. The van der Waals surface area contributed by atoms with Crippen LogP contribution in [0.15, 0.2) is 24.3 Å². The van der Waals surface area contributed by atoms with E-state index in [0.29, 0.717) is 16.0 Å². The minimum absolute atomic E-state index is 0.0929. The fourth-order valence-corrected chi connectivity index (χ4v) is 3.66. The Morgan fingerprint density at radius 2 is 1.93 bits per heavy atom. The lowest BCUT2D eigenvalue weighted by molar-refractivity contribution is 0.0997. The lowest BCUT2D eigenvalue weighted by Gasteiger charge is -2.14. The number of hydrogen-bond acceptors (Lipinski definition) is 6. The maximum absolute atomic E-state index is 14.2. The smallest absolute Gasteiger partial charge is 0.260 e. The highest BCUT2D eigenvalue weighted by atomic mass is 32.1. The number of aromatic nitrogens is 1. The molecule has 0 bridgehead atoms. The molecule has 0 unspecified atom stereocenters. The van der Waals surface area contributed by atoms with E-state index in [1.165, 1.54) is 31.6 Å². The fourth-order valence-electron chi connectivity index (χ4n) is 2.70. The zero-order chi connectivity index (χ0) is 19.7. The number of primary amides is 1. The van der Waals surface area contributed by atoms with Crippen LogP contribution in [-0.4, -0.2) is 31.0 Å². The van der Waals surface area contributed by atoms with E-state index in [9.17, 15) is 14.0 Å². The average Bonchev–Trinajstić information content (AvgIpc) is 2.99. The van der Waals surface area contributed by atoms with Gasteiger partial charge in [0.1, 0.15) is 22.9 Å². The van der Waals surface area contributed by atoms with Crippen LogP contribution in [-0.2, 0) is 0 Å². The number of nitrogens with one attached hydrogen (secondary N) is 1. The van der Waals surface area contributed by atoms with Gasteiger partial charge in [0, 0.05) is 12.1 Å². The van der Waals surface area contributed by atoms with Crippen molar-refractivity contribution in [3.05, 3.63) is 46.2 Å². The molecule has 0 atom stereocenters. The molecule has 2 aromatic carbocycles. The maximum Gasteiger partial charge on any atom is 0.260 e. The molecule has 1 heterocycles. The predicted molar refractivity (Wildman–Crippen MR) is 100 cm³/mol. The quantitative estimate of drug-likeness (QED) is 0.698. The van der Waals surface area contributed by atoms with Gasteiger partial charge in [-0.1, -0.05) is 0 Å². The first-order valence-electron chi connectivity index (χ1n) is 7.78. The van der Waals surface area contributed by atoms with Crippen LogP contribution in [0.25, 0.3) is 10.2 Å². The number of ether oxygens (including phenoxy) is 2. The van der Waals surface area contributed by atoms with Gasteiger partial charge in [-0.05, 0) is 19.1 Å². The molecule has 2 amide bonds. The molecule has 0 fully saturated rings. The molecule has 0 saturated heterocycles. The van der Waals surface area contributed by atoms with E-state index in [-0.39, 0.29) is 17.0 Å². The van der Waals surface area contributed by atoms with Crippen LogP contribution in [0.4, 0.5) is 10.1 Å². The average molecular weight is 389 g/mol. The number of methoxy groups -OCH3 is 2. The number of halogens is 1. The number of rotatable bonds is 5. The first-order valence-corrected chi connectivity index (χ1v) is 8.60. The number of carbonyl (C=O) groups is 2. The molecule has 0 aliphatic carbocycles. The molecule has 0 radical (unpaired) electrons. The van der Waals surface area contributed by atoms with Crippen LogP contribution in [0.3, 0.4) is 0 Å². The fraction of sp³-hybridized carbons (Fsp3) is 0.167. The number of hydrogen-bond donors (Lipinski definition) is 2. The summed E-state index contributed by atoms with van der Waals surface area (Å²) in [6.07, 6.45) is 0. The standard InChI is InChI=1S/C18H16FN3O4S/c1-8-21-11-4-5-13(26-3)15(16(11)27-8)18(24)22-12-7-9(25-2)6-10(19)14(12)17(20)23/h4-7H,1-3H3,(H2,20,23)(H,22,24). The Morgan fingerprint density at radius 3 is 2.56 bits per heavy atom. The van der Waals surface area contributed by atoms with E-state index in [1.807, 2.05) is 6.92 Å². The van der Waals surface area contributed by atoms with Gasteiger partial charge in [-0.15, -0.1) is 11.3 Å². The molecular formula is C18H16FN3O4S. The number of anilines is 1. The molecule has 140 valence electrons. The summed E-state index contributed by atoms with van der Waals surface area (Å²) in [7, 11) is 2.78. The number of nitrogens with zero attached hydrogens (tertiary/aromatic N) is 1. The lowest BCUT2D eigenvalue weighted by atomic mass is 10.1. The van der Waals surface area contributed by atoms with Crippen molar-refractivity contribution in [3.8, 4) is 11.5 Å². The van der Waals surface area contributed by atoms with Crippen LogP contribution in [0.5, 0.6) is 11.5 Å². The van der Waals surface area contributed by atoms with Crippen molar-refractivity contribution < 1.29 is 23.5 Å². The van der Waals surface area contributed by atoms with Crippen molar-refractivity contribution in [2.45, 2.75) is 6.92 Å². The third kappa shape index (κ3) is 3.41. The van der Waals surface area contributed by atoms with Gasteiger partial charge in [-0.25, -0.2) is 9.37 Å². The van der Waals surface area contributed by atoms with Crippen molar-refractivity contribution in [1.82, 2.24) is 4.98 Å². The van der Waals surface area contributed by atoms with Crippen molar-refractivity contribution in [2.24, 2.45) is 5.73 Å². The van der Waals surface area contributed by atoms with Gasteiger partial charge < -0.3 is 20.5 Å². The van der Waals surface area contributed by atoms with E-state index < -0.39 is 23.2 Å². The van der Waals surface area contributed by atoms with Gasteiger partial charge in [-0.2, -0.15) is 0 Å². The molecule has 3 rings (SSSR count). The number of nitrogens with two attached hydrogens (primary N) is 1. The minimum atomic E-state index is -1.01. The number of carbonyl (C=O) groups excluding carboxylic acids is 2. The SMILES string of the molecule is COc1cc(F)c(C(N)=O)c(NC(=O)c2c(OC)ccc3nc(C)sc23)c1. The van der Waals surface area contributed by atoms with Crippen molar-refractivity contribution in [1.29, 1.82) is 0 Å². The molecule has 9 heteroatoms. The Kier molecular flexibility index (Phi) is 4.95. The third-order valence-electron chi connectivity index (χ3n) is 3.87. The second-order valence-corrected chi connectivity index (χ2v) is 6.78. The minimum Gasteiger partial charge on any atom is -0.497 e. The number of benzene rings is 2. The summed E-state index contributed by atoms with van der Waals surface area (Å²) in [5.74, 6) is -2.03. The summed E-state index contributed by atoms with van der Waals surface area (Å²) in [6.45, 7) is 1.82. The van der Waals surface area contributed by atoms with Crippen LogP contribution in [0.2, 0.25) is 0 Å². The van der Waals surface area contributed by atoms with Crippen molar-refractivity contribution in [2.75, 3.05) is 19.5 Å². The summed E-state index contributed by atoms with van der Waals surface area (Å²) >= 11 is 1.33. The molecule has 1 aromatic heterocycles. The van der Waals surface area contributed by atoms with E-state index >= 15 is 0 Å².